The summed E-state index contributed by atoms with van der Waals surface area (Å²) in [5, 5.41) is 6.92. The van der Waals surface area contributed by atoms with Crippen molar-refractivity contribution in [1.29, 1.82) is 0 Å². The summed E-state index contributed by atoms with van der Waals surface area (Å²) < 4.78 is 7.01. The van der Waals surface area contributed by atoms with Crippen molar-refractivity contribution in [2.24, 2.45) is 0 Å². The van der Waals surface area contributed by atoms with Crippen LogP contribution in [0.3, 0.4) is 0 Å². The molecule has 0 radical (unpaired) electrons. The Morgan fingerprint density at radius 3 is 2.84 bits per heavy atom. The second-order valence-corrected chi connectivity index (χ2v) is 4.05. The molecular formula is C13H13N5O. The van der Waals surface area contributed by atoms with E-state index in [1.54, 1.807) is 13.1 Å². The van der Waals surface area contributed by atoms with Crippen molar-refractivity contribution in [2.75, 3.05) is 5.32 Å². The molecule has 1 N–H and O–H groups in total. The van der Waals surface area contributed by atoms with Crippen LogP contribution in [0.4, 0.5) is 5.95 Å². The van der Waals surface area contributed by atoms with Crippen molar-refractivity contribution in [3.05, 3.63) is 54.4 Å². The zero-order valence-electron chi connectivity index (χ0n) is 10.4. The van der Waals surface area contributed by atoms with Gasteiger partial charge < -0.3 is 9.84 Å². The molecule has 0 amide bonds. The average molecular weight is 255 g/mol. The average Bonchev–Trinajstić information content (AvgIpc) is 3.06. The summed E-state index contributed by atoms with van der Waals surface area (Å²) in [7, 11) is 0. The number of nitrogens with one attached hydrogen (secondary N) is 1. The molecule has 6 heteroatoms. The standard InChI is InChI=1S/C13H13N5O/c1-10-16-12(19-17-10)9-15-13-14-7-8-18(13)11-5-3-2-4-6-11/h2-8H,9H2,1H3,(H,14,15). The first kappa shape index (κ1) is 11.5. The lowest BCUT2D eigenvalue weighted by atomic mass is 10.3. The third-order valence-electron chi connectivity index (χ3n) is 2.64. The maximum absolute atomic E-state index is 5.05. The van der Waals surface area contributed by atoms with Crippen LogP contribution in [-0.2, 0) is 6.54 Å². The minimum Gasteiger partial charge on any atom is -0.346 e. The predicted octanol–water partition coefficient (Wildman–Crippen LogP) is 2.18. The third-order valence-corrected chi connectivity index (χ3v) is 2.64. The first-order chi connectivity index (χ1) is 9.33. The molecule has 0 spiro atoms. The Morgan fingerprint density at radius 2 is 2.11 bits per heavy atom. The van der Waals surface area contributed by atoms with Gasteiger partial charge in [0.15, 0.2) is 5.82 Å². The molecule has 0 aliphatic heterocycles. The SMILES string of the molecule is Cc1noc(CNc2nccn2-c2ccccc2)n1. The molecule has 2 aromatic heterocycles. The lowest BCUT2D eigenvalue weighted by Gasteiger charge is -2.07. The molecule has 0 aliphatic carbocycles. The van der Waals surface area contributed by atoms with Crippen LogP contribution in [0.25, 0.3) is 5.69 Å². The monoisotopic (exact) mass is 255 g/mol. The fraction of sp³-hybridized carbons (Fsp3) is 0.154. The Labute approximate surface area is 110 Å². The van der Waals surface area contributed by atoms with Gasteiger partial charge in [0.2, 0.25) is 11.8 Å². The lowest BCUT2D eigenvalue weighted by Crippen LogP contribution is -2.06. The van der Waals surface area contributed by atoms with Crippen LogP contribution >= 0.6 is 0 Å². The van der Waals surface area contributed by atoms with E-state index >= 15 is 0 Å². The molecular weight excluding hydrogens is 242 g/mol. The van der Waals surface area contributed by atoms with E-state index in [0.717, 1.165) is 11.6 Å². The fourth-order valence-electron chi connectivity index (χ4n) is 1.80. The number of hydrogen-bond donors (Lipinski definition) is 1. The molecule has 0 saturated heterocycles. The van der Waals surface area contributed by atoms with E-state index in [2.05, 4.69) is 20.4 Å². The number of para-hydroxylation sites is 1. The normalized spacial score (nSPS) is 10.6. The van der Waals surface area contributed by atoms with E-state index in [1.165, 1.54) is 0 Å². The maximum Gasteiger partial charge on any atom is 0.246 e. The summed E-state index contributed by atoms with van der Waals surface area (Å²) >= 11 is 0. The number of hydrogen-bond acceptors (Lipinski definition) is 5. The van der Waals surface area contributed by atoms with Crippen molar-refractivity contribution >= 4 is 5.95 Å². The van der Waals surface area contributed by atoms with Gasteiger partial charge in [-0.05, 0) is 19.1 Å². The molecule has 0 unspecified atom stereocenters. The van der Waals surface area contributed by atoms with Crippen LogP contribution in [0.5, 0.6) is 0 Å². The van der Waals surface area contributed by atoms with Crippen molar-refractivity contribution in [3.63, 3.8) is 0 Å². The van der Waals surface area contributed by atoms with Gasteiger partial charge in [0.1, 0.15) is 0 Å². The zero-order valence-corrected chi connectivity index (χ0v) is 10.4. The van der Waals surface area contributed by atoms with Gasteiger partial charge in [-0.15, -0.1) is 0 Å². The highest BCUT2D eigenvalue weighted by Crippen LogP contribution is 2.14. The Balaban J connectivity index is 1.77. The fourth-order valence-corrected chi connectivity index (χ4v) is 1.80. The van der Waals surface area contributed by atoms with Crippen molar-refractivity contribution in [1.82, 2.24) is 19.7 Å². The van der Waals surface area contributed by atoms with Crippen molar-refractivity contribution in [2.45, 2.75) is 13.5 Å². The number of benzene rings is 1. The molecule has 0 aliphatic rings. The summed E-state index contributed by atoms with van der Waals surface area (Å²) in [5.41, 5.74) is 1.05. The molecule has 19 heavy (non-hydrogen) atoms. The quantitative estimate of drug-likeness (QED) is 0.773. The number of aromatic nitrogens is 4. The van der Waals surface area contributed by atoms with Gasteiger partial charge in [-0.2, -0.15) is 4.98 Å². The highest BCUT2D eigenvalue weighted by molar-refractivity contribution is 5.41. The summed E-state index contributed by atoms with van der Waals surface area (Å²) in [6, 6.07) is 9.99. The van der Waals surface area contributed by atoms with Crippen LogP contribution in [0.2, 0.25) is 0 Å². The van der Waals surface area contributed by atoms with E-state index in [-0.39, 0.29) is 0 Å². The molecule has 3 aromatic rings. The number of nitrogens with zero attached hydrogens (tertiary/aromatic N) is 4. The van der Waals surface area contributed by atoms with Gasteiger partial charge in [-0.1, -0.05) is 23.4 Å². The Morgan fingerprint density at radius 1 is 1.26 bits per heavy atom. The van der Waals surface area contributed by atoms with Crippen LogP contribution in [0.1, 0.15) is 11.7 Å². The second kappa shape index (κ2) is 4.93. The Hall–Kier alpha value is -2.63. The third kappa shape index (κ3) is 2.47. The topological polar surface area (TPSA) is 68.8 Å². The zero-order chi connectivity index (χ0) is 13.1. The molecule has 1 aromatic carbocycles. The highest BCUT2D eigenvalue weighted by Gasteiger charge is 2.07. The van der Waals surface area contributed by atoms with Crippen molar-refractivity contribution in [3.8, 4) is 5.69 Å². The summed E-state index contributed by atoms with van der Waals surface area (Å²) in [5.74, 6) is 1.91. The van der Waals surface area contributed by atoms with Gasteiger partial charge in [-0.3, -0.25) is 4.57 Å². The molecule has 0 saturated carbocycles. The van der Waals surface area contributed by atoms with Gasteiger partial charge >= 0.3 is 0 Å². The molecule has 3 rings (SSSR count). The van der Waals surface area contributed by atoms with Crippen LogP contribution in [0.15, 0.2) is 47.2 Å². The molecule has 0 bridgehead atoms. The van der Waals surface area contributed by atoms with Gasteiger partial charge in [0.05, 0.1) is 6.54 Å². The Kier molecular flexibility index (Phi) is 2.97. The number of aryl methyl sites for hydroxylation is 1. The van der Waals surface area contributed by atoms with Crippen molar-refractivity contribution < 1.29 is 4.52 Å². The number of imidazole rings is 1. The van der Waals surface area contributed by atoms with E-state index < -0.39 is 0 Å². The van der Waals surface area contributed by atoms with Crippen LogP contribution < -0.4 is 5.32 Å². The van der Waals surface area contributed by atoms with E-state index in [4.69, 9.17) is 4.52 Å². The largest absolute Gasteiger partial charge is 0.346 e. The number of anilines is 1. The van der Waals surface area contributed by atoms with Gasteiger partial charge in [0.25, 0.3) is 0 Å². The Bertz CT molecular complexity index is 658. The van der Waals surface area contributed by atoms with E-state index in [9.17, 15) is 0 Å². The minimum absolute atomic E-state index is 0.449. The lowest BCUT2D eigenvalue weighted by molar-refractivity contribution is 0.379. The first-order valence-electron chi connectivity index (χ1n) is 5.95. The summed E-state index contributed by atoms with van der Waals surface area (Å²) in [6.07, 6.45) is 3.64. The van der Waals surface area contributed by atoms with E-state index in [1.807, 2.05) is 41.1 Å². The van der Waals surface area contributed by atoms with Gasteiger partial charge in [-0.25, -0.2) is 4.98 Å². The minimum atomic E-state index is 0.449. The second-order valence-electron chi connectivity index (χ2n) is 4.05. The van der Waals surface area contributed by atoms with E-state index in [0.29, 0.717) is 18.3 Å². The molecule has 6 nitrogen and oxygen atoms in total. The number of rotatable bonds is 4. The van der Waals surface area contributed by atoms with Crippen LogP contribution in [0, 0.1) is 6.92 Å². The smallest absolute Gasteiger partial charge is 0.246 e. The summed E-state index contributed by atoms with van der Waals surface area (Å²) in [4.78, 5) is 8.41. The van der Waals surface area contributed by atoms with Gasteiger partial charge in [0, 0.05) is 18.1 Å². The molecule has 0 atom stereocenters. The summed E-state index contributed by atoms with van der Waals surface area (Å²) in [6.45, 7) is 2.24. The molecule has 2 heterocycles. The highest BCUT2D eigenvalue weighted by atomic mass is 16.5. The molecule has 0 fully saturated rings. The predicted molar refractivity (Wildman–Crippen MR) is 69.9 cm³/mol. The molecule has 96 valence electrons. The maximum atomic E-state index is 5.05. The first-order valence-corrected chi connectivity index (χ1v) is 5.95. The van der Waals surface area contributed by atoms with Crippen LogP contribution in [-0.4, -0.2) is 19.7 Å².